The van der Waals surface area contributed by atoms with Crippen molar-refractivity contribution in [3.8, 4) is 0 Å². The van der Waals surface area contributed by atoms with Crippen LogP contribution in [0.2, 0.25) is 0 Å². The first-order valence-corrected chi connectivity index (χ1v) is 7.56. The second kappa shape index (κ2) is 8.66. The van der Waals surface area contributed by atoms with Gasteiger partial charge < -0.3 is 10.0 Å². The van der Waals surface area contributed by atoms with Gasteiger partial charge in [-0.1, -0.05) is 6.92 Å². The fraction of sp³-hybridized carbons (Fsp3) is 0.625. The Hall–Kier alpha value is -1.72. The molecule has 1 atom stereocenters. The van der Waals surface area contributed by atoms with Crippen LogP contribution in [0.1, 0.15) is 39.5 Å². The molecule has 0 aromatic carbocycles. The number of carboxylic acid groups (broad SMARTS) is 1. The van der Waals surface area contributed by atoms with Crippen LogP contribution >= 0.6 is 0 Å². The topological polar surface area (TPSA) is 57.6 Å². The lowest BCUT2D eigenvalue weighted by atomic mass is 9.93. The molecular weight excluding hydrogens is 292 g/mol. The molecule has 0 aromatic rings. The summed E-state index contributed by atoms with van der Waals surface area (Å²) < 4.78 is 26.6. The van der Waals surface area contributed by atoms with Crippen LogP contribution in [0.25, 0.3) is 0 Å². The second-order valence-corrected chi connectivity index (χ2v) is 5.58. The summed E-state index contributed by atoms with van der Waals surface area (Å²) >= 11 is 0. The summed E-state index contributed by atoms with van der Waals surface area (Å²) in [5.74, 6) is -1.66. The molecule has 1 fully saturated rings. The minimum atomic E-state index is -1.34. The quantitative estimate of drug-likeness (QED) is 0.604. The number of rotatable bonds is 6. The highest BCUT2D eigenvalue weighted by atomic mass is 19.1. The molecule has 0 spiro atoms. The summed E-state index contributed by atoms with van der Waals surface area (Å²) in [5, 5.41) is 8.77. The van der Waals surface area contributed by atoms with E-state index in [9.17, 15) is 18.4 Å². The number of alkyl halides is 1. The fourth-order valence-electron chi connectivity index (χ4n) is 2.47. The third kappa shape index (κ3) is 5.95. The molecule has 1 aliphatic heterocycles. The van der Waals surface area contributed by atoms with Crippen molar-refractivity contribution in [2.45, 2.75) is 45.7 Å². The van der Waals surface area contributed by atoms with Gasteiger partial charge in [-0.05, 0) is 44.3 Å². The number of aliphatic carboxylic acids is 1. The first kappa shape index (κ1) is 18.3. The highest BCUT2D eigenvalue weighted by Crippen LogP contribution is 2.22. The molecule has 1 N–H and O–H groups in total. The van der Waals surface area contributed by atoms with E-state index >= 15 is 0 Å². The maximum Gasteiger partial charge on any atom is 0.303 e. The minimum absolute atomic E-state index is 0.0195. The molecule has 1 amide bonds. The van der Waals surface area contributed by atoms with Crippen molar-refractivity contribution in [3.05, 3.63) is 23.6 Å². The van der Waals surface area contributed by atoms with Gasteiger partial charge in [0.05, 0.1) is 0 Å². The number of halogens is 2. The molecular formula is C16H23F2NO3. The minimum Gasteiger partial charge on any atom is -0.481 e. The van der Waals surface area contributed by atoms with Crippen LogP contribution in [0.4, 0.5) is 8.78 Å². The number of likely N-dealkylation sites (tertiary alicyclic amines) is 1. The maximum atomic E-state index is 13.4. The third-order valence-electron chi connectivity index (χ3n) is 3.67. The van der Waals surface area contributed by atoms with Gasteiger partial charge in [0.2, 0.25) is 0 Å². The Morgan fingerprint density at radius 1 is 1.36 bits per heavy atom. The highest BCUT2D eigenvalue weighted by Gasteiger charge is 2.25. The Kier molecular flexibility index (Phi) is 7.21. The molecule has 124 valence electrons. The van der Waals surface area contributed by atoms with E-state index < -0.39 is 23.9 Å². The zero-order valence-electron chi connectivity index (χ0n) is 13.0. The molecule has 6 heteroatoms. The van der Waals surface area contributed by atoms with Crippen molar-refractivity contribution in [2.75, 3.05) is 13.1 Å². The number of hydrogen-bond acceptors (Lipinski definition) is 2. The van der Waals surface area contributed by atoms with Crippen LogP contribution < -0.4 is 0 Å². The zero-order valence-corrected chi connectivity index (χ0v) is 13.0. The van der Waals surface area contributed by atoms with Gasteiger partial charge in [-0.2, -0.15) is 0 Å². The molecule has 1 saturated heterocycles. The van der Waals surface area contributed by atoms with Gasteiger partial charge in [0.25, 0.3) is 5.91 Å². The molecule has 1 heterocycles. The van der Waals surface area contributed by atoms with Gasteiger partial charge >= 0.3 is 5.97 Å². The van der Waals surface area contributed by atoms with Gasteiger partial charge in [-0.15, -0.1) is 0 Å². The van der Waals surface area contributed by atoms with Crippen molar-refractivity contribution in [1.29, 1.82) is 0 Å². The molecule has 22 heavy (non-hydrogen) atoms. The van der Waals surface area contributed by atoms with Crippen LogP contribution in [0.3, 0.4) is 0 Å². The standard InChI is InChI=1S/C16H23F2NO3/c1-3-14(18)10-13(8-11(2)17)16(22)19-6-4-12(5-7-19)9-15(20)21/h8,10-12H,3-7,9H2,1-2H3,(H,20,21)/b13-8+,14-10+. The van der Waals surface area contributed by atoms with Crippen LogP contribution in [-0.2, 0) is 9.59 Å². The molecule has 1 unspecified atom stereocenters. The average Bonchev–Trinajstić information content (AvgIpc) is 2.45. The number of piperidine rings is 1. The van der Waals surface area contributed by atoms with E-state index in [-0.39, 0.29) is 24.3 Å². The van der Waals surface area contributed by atoms with E-state index in [1.807, 2.05) is 0 Å². The smallest absolute Gasteiger partial charge is 0.303 e. The Balaban J connectivity index is 2.74. The van der Waals surface area contributed by atoms with Gasteiger partial charge in [-0.3, -0.25) is 9.59 Å². The van der Waals surface area contributed by atoms with Gasteiger partial charge in [0.1, 0.15) is 12.0 Å². The SMILES string of the molecule is CC/C(F)=C\C(=C/C(C)F)C(=O)N1CCC(CC(=O)O)CC1. The molecule has 0 saturated carbocycles. The van der Waals surface area contributed by atoms with E-state index in [2.05, 4.69) is 0 Å². The van der Waals surface area contributed by atoms with Crippen molar-refractivity contribution >= 4 is 11.9 Å². The first-order valence-electron chi connectivity index (χ1n) is 7.56. The predicted octanol–water partition coefficient (Wildman–Crippen LogP) is 3.25. The number of carbonyl (C=O) groups excluding carboxylic acids is 1. The summed E-state index contributed by atoms with van der Waals surface area (Å²) in [4.78, 5) is 24.6. The van der Waals surface area contributed by atoms with Gasteiger partial charge in [-0.25, -0.2) is 8.78 Å². The zero-order chi connectivity index (χ0) is 16.7. The van der Waals surface area contributed by atoms with Crippen molar-refractivity contribution < 1.29 is 23.5 Å². The van der Waals surface area contributed by atoms with E-state index in [0.29, 0.717) is 25.9 Å². The first-order chi connectivity index (χ1) is 10.3. The lowest BCUT2D eigenvalue weighted by molar-refractivity contribution is -0.138. The van der Waals surface area contributed by atoms with Crippen molar-refractivity contribution in [2.24, 2.45) is 5.92 Å². The molecule has 0 aliphatic carbocycles. The summed E-state index contributed by atoms with van der Waals surface area (Å²) in [6.07, 6.45) is 2.28. The lowest BCUT2D eigenvalue weighted by Gasteiger charge is -2.31. The van der Waals surface area contributed by atoms with E-state index in [0.717, 1.165) is 12.2 Å². The van der Waals surface area contributed by atoms with E-state index in [1.54, 1.807) is 6.92 Å². The van der Waals surface area contributed by atoms with E-state index in [1.165, 1.54) is 11.8 Å². The van der Waals surface area contributed by atoms with Crippen LogP contribution in [-0.4, -0.2) is 41.1 Å². The van der Waals surface area contributed by atoms with E-state index in [4.69, 9.17) is 5.11 Å². The Morgan fingerprint density at radius 3 is 2.41 bits per heavy atom. The number of carbonyl (C=O) groups is 2. The van der Waals surface area contributed by atoms with Crippen molar-refractivity contribution in [3.63, 3.8) is 0 Å². The molecule has 1 aliphatic rings. The normalized spacial score (nSPS) is 19.2. The average molecular weight is 315 g/mol. The molecule has 4 nitrogen and oxygen atoms in total. The number of carboxylic acids is 1. The molecule has 0 radical (unpaired) electrons. The summed E-state index contributed by atoms with van der Waals surface area (Å²) in [7, 11) is 0. The predicted molar refractivity (Wildman–Crippen MR) is 79.7 cm³/mol. The fourth-order valence-corrected chi connectivity index (χ4v) is 2.47. The second-order valence-electron chi connectivity index (χ2n) is 5.58. The molecule has 0 aromatic heterocycles. The number of allylic oxidation sites excluding steroid dienone is 2. The third-order valence-corrected chi connectivity index (χ3v) is 3.67. The largest absolute Gasteiger partial charge is 0.481 e. The monoisotopic (exact) mass is 315 g/mol. The number of hydrogen-bond donors (Lipinski definition) is 1. The van der Waals surface area contributed by atoms with Gasteiger partial charge in [0.15, 0.2) is 0 Å². The summed E-state index contributed by atoms with van der Waals surface area (Å²) in [5.41, 5.74) is 0.0195. The summed E-state index contributed by atoms with van der Waals surface area (Å²) in [6, 6.07) is 0. The Labute approximate surface area is 129 Å². The number of nitrogens with zero attached hydrogens (tertiary/aromatic N) is 1. The highest BCUT2D eigenvalue weighted by molar-refractivity contribution is 5.96. The Morgan fingerprint density at radius 2 is 1.95 bits per heavy atom. The summed E-state index contributed by atoms with van der Waals surface area (Å²) in [6.45, 7) is 3.72. The van der Waals surface area contributed by atoms with Crippen LogP contribution in [0.5, 0.6) is 0 Å². The van der Waals surface area contributed by atoms with Gasteiger partial charge in [0, 0.05) is 25.1 Å². The lowest BCUT2D eigenvalue weighted by Crippen LogP contribution is -2.39. The molecule has 0 bridgehead atoms. The Bertz CT molecular complexity index is 464. The maximum absolute atomic E-state index is 13.4. The van der Waals surface area contributed by atoms with Crippen LogP contribution in [0, 0.1) is 5.92 Å². The van der Waals surface area contributed by atoms with Crippen molar-refractivity contribution in [1.82, 2.24) is 4.90 Å². The number of amides is 1. The molecule has 1 rings (SSSR count). The van der Waals surface area contributed by atoms with Crippen LogP contribution in [0.15, 0.2) is 23.6 Å².